The van der Waals surface area contributed by atoms with Crippen molar-refractivity contribution >= 4 is 50.4 Å². The second-order valence-corrected chi connectivity index (χ2v) is 32.3. The molecule has 3 nitrogen and oxygen atoms in total. The molecule has 13 rings (SSSR count). The van der Waals surface area contributed by atoms with Gasteiger partial charge in [0.05, 0.1) is 16.8 Å². The Morgan fingerprint density at radius 2 is 0.854 bits per heavy atom. The van der Waals surface area contributed by atoms with E-state index in [1.165, 1.54) is 89.1 Å². The molecule has 0 amide bonds. The Labute approximate surface area is 532 Å². The van der Waals surface area contributed by atoms with E-state index in [1.807, 2.05) is 0 Å². The number of nitrogens with zero attached hydrogens (tertiary/aromatic N) is 2. The molecule has 1 heterocycles. The van der Waals surface area contributed by atoms with Gasteiger partial charge in [-0.25, -0.2) is 0 Å². The second-order valence-electron chi connectivity index (χ2n) is 32.3. The van der Waals surface area contributed by atoms with Crippen LogP contribution in [0.5, 0.6) is 0 Å². The number of allylic oxidation sites excluding steroid dienone is 3. The quantitative estimate of drug-likeness (QED) is 0.151. The molecule has 3 heteroatoms. The summed E-state index contributed by atoms with van der Waals surface area (Å²) in [7, 11) is 0. The molecule has 0 bridgehead atoms. The van der Waals surface area contributed by atoms with Gasteiger partial charge in [0.25, 0.3) is 0 Å². The van der Waals surface area contributed by atoms with E-state index in [0.29, 0.717) is 5.92 Å². The van der Waals surface area contributed by atoms with Gasteiger partial charge >= 0.3 is 0 Å². The number of hydrogen-bond acceptors (Lipinski definition) is 3. The van der Waals surface area contributed by atoms with Crippen LogP contribution >= 0.6 is 0 Å². The first kappa shape index (κ1) is 59.8. The molecule has 1 unspecified atom stereocenters. The first-order valence-corrected chi connectivity index (χ1v) is 32.7. The zero-order valence-corrected chi connectivity index (χ0v) is 56.3. The predicted octanol–water partition coefficient (Wildman–Crippen LogP) is 24.1. The van der Waals surface area contributed by atoms with Crippen LogP contribution in [0.25, 0.3) is 44.2 Å². The van der Waals surface area contributed by atoms with E-state index in [1.54, 1.807) is 0 Å². The molecule has 89 heavy (non-hydrogen) atoms. The average molecular weight is 1170 g/mol. The minimum Gasteiger partial charge on any atom is -0.454 e. The van der Waals surface area contributed by atoms with Crippen molar-refractivity contribution < 1.29 is 4.42 Å². The Morgan fingerprint density at radius 1 is 0.427 bits per heavy atom. The maximum atomic E-state index is 7.58. The number of rotatable bonds is 8. The normalized spacial score (nSPS) is 15.7. The Kier molecular flexibility index (Phi) is 14.1. The van der Waals surface area contributed by atoms with E-state index < -0.39 is 5.41 Å². The van der Waals surface area contributed by atoms with E-state index in [0.717, 1.165) is 63.2 Å². The smallest absolute Gasteiger partial charge is 0.160 e. The van der Waals surface area contributed by atoms with Gasteiger partial charge in [-0.3, -0.25) is 0 Å². The summed E-state index contributed by atoms with van der Waals surface area (Å²) in [5.74, 6) is 0.393. The summed E-state index contributed by atoms with van der Waals surface area (Å²) in [4.78, 5) is 5.12. The van der Waals surface area contributed by atoms with Crippen molar-refractivity contribution in [3.8, 4) is 22.3 Å². The van der Waals surface area contributed by atoms with Gasteiger partial charge in [-0.2, -0.15) is 0 Å². The molecule has 1 atom stereocenters. The number of anilines is 5. The van der Waals surface area contributed by atoms with E-state index >= 15 is 0 Å². The van der Waals surface area contributed by atoms with E-state index in [2.05, 4.69) is 335 Å². The molecule has 9 aromatic carbocycles. The molecular formula is C86H92N2O. The Morgan fingerprint density at radius 3 is 1.31 bits per heavy atom. The van der Waals surface area contributed by atoms with E-state index in [9.17, 15) is 0 Å². The van der Waals surface area contributed by atoms with Crippen molar-refractivity contribution in [2.45, 2.75) is 170 Å². The van der Waals surface area contributed by atoms with Gasteiger partial charge in [0.15, 0.2) is 5.58 Å². The topological polar surface area (TPSA) is 19.6 Å². The maximum absolute atomic E-state index is 7.58. The highest BCUT2D eigenvalue weighted by Crippen LogP contribution is 2.66. The molecule has 0 saturated heterocycles. The predicted molar refractivity (Wildman–Crippen MR) is 381 cm³/mol. The van der Waals surface area contributed by atoms with Gasteiger partial charge in [0, 0.05) is 39.1 Å². The van der Waals surface area contributed by atoms with Crippen LogP contribution in [0.1, 0.15) is 192 Å². The zero-order valence-electron chi connectivity index (χ0n) is 56.3. The highest BCUT2D eigenvalue weighted by molar-refractivity contribution is 6.21. The first-order valence-electron chi connectivity index (χ1n) is 32.7. The van der Waals surface area contributed by atoms with Gasteiger partial charge in [-0.05, 0) is 190 Å². The van der Waals surface area contributed by atoms with E-state index in [4.69, 9.17) is 4.42 Å². The Bertz CT molecular complexity index is 4310. The third-order valence-corrected chi connectivity index (χ3v) is 20.0. The standard InChI is InChI=1S/C86H92N2O/c1-80(2,3)55-27-31-61(32-28-55)86(62-33-29-56(30-34-62)81(4,5)6)70-52-72(87(63-43-35-57(36-44-63)82(7,8)9)64-45-37-58(38-46-64)83(10,11)12)75-67-24-20-19-23-54(67)51-69(75)76(70)78-71(86)53-73(79-77(78)68-25-21-22-26-74(68)89-79)88(65-47-39-59(40-48-65)84(13,14)15)66-49-41-60(42-50-66)85(16,17)18/h19-41,43-50,52-53,60H,42,51H2,1-18H3. The minimum absolute atomic E-state index is 0.0203. The highest BCUT2D eigenvalue weighted by atomic mass is 16.3. The molecule has 1 aromatic heterocycles. The van der Waals surface area contributed by atoms with Gasteiger partial charge in [0.1, 0.15) is 5.58 Å². The lowest BCUT2D eigenvalue weighted by Crippen LogP contribution is -2.30. The minimum atomic E-state index is -0.856. The first-order chi connectivity index (χ1) is 41.9. The molecule has 0 radical (unpaired) electrons. The monoisotopic (exact) mass is 1170 g/mol. The molecule has 0 spiro atoms. The largest absolute Gasteiger partial charge is 0.454 e. The van der Waals surface area contributed by atoms with Crippen LogP contribution in [-0.2, 0) is 38.9 Å². The van der Waals surface area contributed by atoms with Gasteiger partial charge < -0.3 is 14.2 Å². The zero-order chi connectivity index (χ0) is 63.1. The third kappa shape index (κ3) is 10.2. The summed E-state index contributed by atoms with van der Waals surface area (Å²) in [6.45, 7) is 41.9. The molecule has 452 valence electrons. The fourth-order valence-electron chi connectivity index (χ4n) is 14.6. The molecule has 0 N–H and O–H groups in total. The maximum Gasteiger partial charge on any atom is 0.160 e. The number of furan rings is 1. The number of benzene rings is 9. The summed E-state index contributed by atoms with van der Waals surface area (Å²) in [5, 5.41) is 2.27. The summed E-state index contributed by atoms with van der Waals surface area (Å²) >= 11 is 0. The number of para-hydroxylation sites is 1. The molecule has 0 fully saturated rings. The summed E-state index contributed by atoms with van der Waals surface area (Å²) in [6, 6.07) is 71.1. The van der Waals surface area contributed by atoms with Crippen molar-refractivity contribution in [3.63, 3.8) is 0 Å². The lowest BCUT2D eigenvalue weighted by atomic mass is 9.66. The average Bonchev–Trinajstić information content (AvgIpc) is 1.51. The fraction of sp³-hybridized carbons (Fsp3) is 0.326. The molecule has 3 aliphatic carbocycles. The van der Waals surface area contributed by atoms with Crippen LogP contribution in [0.4, 0.5) is 28.4 Å². The molecule has 10 aromatic rings. The lowest BCUT2D eigenvalue weighted by Gasteiger charge is -2.37. The van der Waals surface area contributed by atoms with Crippen LogP contribution in [0.15, 0.2) is 210 Å². The lowest BCUT2D eigenvalue weighted by molar-refractivity contribution is 0.293. The third-order valence-electron chi connectivity index (χ3n) is 20.0. The fourth-order valence-corrected chi connectivity index (χ4v) is 14.6. The van der Waals surface area contributed by atoms with Crippen molar-refractivity contribution in [3.05, 3.63) is 267 Å². The van der Waals surface area contributed by atoms with Crippen LogP contribution in [0.3, 0.4) is 0 Å². The van der Waals surface area contributed by atoms with Gasteiger partial charge in [0.2, 0.25) is 0 Å². The van der Waals surface area contributed by atoms with Crippen LogP contribution < -0.4 is 9.80 Å². The number of hydrogen-bond donors (Lipinski definition) is 0. The Hall–Kier alpha value is -8.14. The summed E-state index contributed by atoms with van der Waals surface area (Å²) in [5.41, 5.74) is 26.8. The second kappa shape index (κ2) is 21.0. The van der Waals surface area contributed by atoms with Crippen molar-refractivity contribution in [1.82, 2.24) is 0 Å². The van der Waals surface area contributed by atoms with Crippen molar-refractivity contribution in [2.75, 3.05) is 9.80 Å². The van der Waals surface area contributed by atoms with Crippen LogP contribution in [0, 0.1) is 11.3 Å². The van der Waals surface area contributed by atoms with Gasteiger partial charge in [-0.15, -0.1) is 0 Å². The van der Waals surface area contributed by atoms with E-state index in [-0.39, 0.29) is 32.5 Å². The molecular weight excluding hydrogens is 1080 g/mol. The van der Waals surface area contributed by atoms with Crippen LogP contribution in [0.2, 0.25) is 0 Å². The highest BCUT2D eigenvalue weighted by Gasteiger charge is 2.51. The molecule has 0 saturated carbocycles. The van der Waals surface area contributed by atoms with Crippen LogP contribution in [-0.4, -0.2) is 0 Å². The summed E-state index contributed by atoms with van der Waals surface area (Å²) < 4.78 is 7.58. The Balaban J connectivity index is 1.23. The molecule has 3 aliphatic rings. The van der Waals surface area contributed by atoms with Crippen molar-refractivity contribution in [2.24, 2.45) is 11.3 Å². The summed E-state index contributed by atoms with van der Waals surface area (Å²) in [6.07, 6.45) is 9.05. The van der Waals surface area contributed by atoms with Crippen molar-refractivity contribution in [1.29, 1.82) is 0 Å². The number of fused-ring (bicyclic) bond motifs is 11. The van der Waals surface area contributed by atoms with Gasteiger partial charge in [-0.1, -0.05) is 264 Å². The molecule has 0 aliphatic heterocycles. The SMILES string of the molecule is CC(C)(C)c1ccc(N(C2=CCC(C(C)(C)C)C=C2)c2cc3c(c4c2oc2ccccc24)-c2c(cc(N(c4ccc(C(C)(C)C)cc4)c4ccc(C(C)(C)C)cc4)c4c2Cc2ccccc2-4)C3(c2ccc(C(C)(C)C)cc2)c2ccc(C(C)(C)C)cc2)cc1.